The summed E-state index contributed by atoms with van der Waals surface area (Å²) in [7, 11) is 3.80. The van der Waals surface area contributed by atoms with E-state index in [4.69, 9.17) is 11.6 Å². The van der Waals surface area contributed by atoms with E-state index in [1.165, 1.54) is 11.0 Å². The van der Waals surface area contributed by atoms with Crippen LogP contribution in [0.25, 0.3) is 0 Å². The number of halogens is 2. The van der Waals surface area contributed by atoms with E-state index < -0.39 is 23.9 Å². The van der Waals surface area contributed by atoms with Crippen molar-refractivity contribution in [2.45, 2.75) is 38.5 Å². The zero-order chi connectivity index (χ0) is 28.0. The van der Waals surface area contributed by atoms with Gasteiger partial charge in [-0.2, -0.15) is 0 Å². The second kappa shape index (κ2) is 13.4. The fourth-order valence-electron chi connectivity index (χ4n) is 4.61. The zero-order valence-corrected chi connectivity index (χ0v) is 23.2. The number of amides is 2. The van der Waals surface area contributed by atoms with Crippen LogP contribution in [-0.4, -0.2) is 84.8 Å². The number of hydrogen-bond acceptors (Lipinski definition) is 6. The summed E-state index contributed by atoms with van der Waals surface area (Å²) in [6.07, 6.45) is -2.68. The number of nitrogens with zero attached hydrogens (tertiary/aromatic N) is 3. The molecular weight excluding hydrogens is 511 g/mol. The predicted octanol–water partition coefficient (Wildman–Crippen LogP) is 2.99. The number of carbonyl (C=O) groups is 2. The largest absolute Gasteiger partial charge is 0.385 e. The Labute approximate surface area is 229 Å². The third-order valence-corrected chi connectivity index (χ3v) is 7.05. The first-order valence-corrected chi connectivity index (χ1v) is 13.2. The minimum atomic E-state index is -1.63. The van der Waals surface area contributed by atoms with Gasteiger partial charge in [-0.15, -0.1) is 0 Å². The highest BCUT2D eigenvalue weighted by Crippen LogP contribution is 2.34. The molecule has 0 radical (unpaired) electrons. The first-order chi connectivity index (χ1) is 18.0. The standard InChI is InChI=1S/C28H38ClFN4O4/c1-18(2)24(31-23(35)12-13-32(3)4)21-6-5-7-22(30)25(21)33-14-16-34(17-15-33)28(38)27(37)26(36)19-8-10-20(29)11-9-19/h5-11,18,24,26-27,36-37H,12-17H2,1-4H3,(H,31,35)/t24-,26?,27?/m0/s1. The number of piperazine rings is 1. The van der Waals surface area contributed by atoms with Gasteiger partial charge in [0.15, 0.2) is 6.10 Å². The third-order valence-electron chi connectivity index (χ3n) is 6.79. The van der Waals surface area contributed by atoms with Gasteiger partial charge in [0.25, 0.3) is 5.91 Å². The van der Waals surface area contributed by atoms with E-state index >= 15 is 4.39 Å². The van der Waals surface area contributed by atoms with Gasteiger partial charge in [-0.25, -0.2) is 4.39 Å². The Kier molecular flexibility index (Phi) is 10.5. The molecule has 1 saturated heterocycles. The molecule has 3 N–H and O–H groups in total. The predicted molar refractivity (Wildman–Crippen MR) is 147 cm³/mol. The summed E-state index contributed by atoms with van der Waals surface area (Å²) in [6.45, 7) is 5.75. The molecule has 2 aromatic carbocycles. The fraction of sp³-hybridized carbons (Fsp3) is 0.500. The summed E-state index contributed by atoms with van der Waals surface area (Å²) in [5.74, 6) is -1.06. The molecule has 8 nitrogen and oxygen atoms in total. The van der Waals surface area contributed by atoms with Gasteiger partial charge in [-0.1, -0.05) is 49.7 Å². The molecule has 10 heteroatoms. The Hall–Kier alpha value is -2.72. The van der Waals surface area contributed by atoms with Crippen LogP contribution >= 0.6 is 11.6 Å². The Balaban J connectivity index is 1.71. The lowest BCUT2D eigenvalue weighted by molar-refractivity contribution is -0.146. The second-order valence-corrected chi connectivity index (χ2v) is 10.7. The molecule has 208 valence electrons. The van der Waals surface area contributed by atoms with E-state index in [1.54, 1.807) is 30.3 Å². The van der Waals surface area contributed by atoms with Gasteiger partial charge < -0.3 is 30.2 Å². The number of aliphatic hydroxyl groups is 2. The molecule has 0 aromatic heterocycles. The molecule has 0 aliphatic carbocycles. The number of carbonyl (C=O) groups excluding carboxylic acids is 2. The van der Waals surface area contributed by atoms with Crippen LogP contribution in [0.4, 0.5) is 10.1 Å². The number of nitrogens with one attached hydrogen (secondary N) is 1. The van der Waals surface area contributed by atoms with Gasteiger partial charge in [-0.05, 0) is 43.8 Å². The third kappa shape index (κ3) is 7.44. The summed E-state index contributed by atoms with van der Waals surface area (Å²) in [5, 5.41) is 24.6. The van der Waals surface area contributed by atoms with Crippen molar-refractivity contribution in [2.75, 3.05) is 51.7 Å². The van der Waals surface area contributed by atoms with Crippen LogP contribution in [0, 0.1) is 11.7 Å². The number of rotatable bonds is 10. The quantitative estimate of drug-likeness (QED) is 0.422. The number of para-hydroxylation sites is 1. The van der Waals surface area contributed by atoms with Crippen molar-refractivity contribution in [3.63, 3.8) is 0 Å². The monoisotopic (exact) mass is 548 g/mol. The van der Waals surface area contributed by atoms with Gasteiger partial charge in [-0.3, -0.25) is 9.59 Å². The van der Waals surface area contributed by atoms with Crippen LogP contribution in [0.15, 0.2) is 42.5 Å². The molecule has 2 unspecified atom stereocenters. The highest BCUT2D eigenvalue weighted by Gasteiger charge is 2.33. The van der Waals surface area contributed by atoms with Gasteiger partial charge in [0.05, 0.1) is 11.7 Å². The van der Waals surface area contributed by atoms with E-state index in [1.807, 2.05) is 43.8 Å². The van der Waals surface area contributed by atoms with E-state index in [-0.39, 0.29) is 31.0 Å². The first-order valence-electron chi connectivity index (χ1n) is 12.9. The van der Waals surface area contributed by atoms with Crippen LogP contribution in [0.1, 0.15) is 43.5 Å². The van der Waals surface area contributed by atoms with E-state index in [9.17, 15) is 19.8 Å². The fourth-order valence-corrected chi connectivity index (χ4v) is 4.73. The van der Waals surface area contributed by atoms with Crippen molar-refractivity contribution in [3.05, 3.63) is 64.4 Å². The number of anilines is 1. The first kappa shape index (κ1) is 29.8. The van der Waals surface area contributed by atoms with Crippen molar-refractivity contribution in [1.82, 2.24) is 15.1 Å². The Morgan fingerprint density at radius 2 is 1.68 bits per heavy atom. The van der Waals surface area contributed by atoms with Crippen molar-refractivity contribution >= 4 is 29.1 Å². The van der Waals surface area contributed by atoms with Crippen LogP contribution in [0.5, 0.6) is 0 Å². The average molecular weight is 549 g/mol. The maximum absolute atomic E-state index is 15.2. The topological polar surface area (TPSA) is 96.4 Å². The highest BCUT2D eigenvalue weighted by atomic mass is 35.5. The normalized spacial score (nSPS) is 16.5. The summed E-state index contributed by atoms with van der Waals surface area (Å²) in [6, 6.07) is 10.8. The summed E-state index contributed by atoms with van der Waals surface area (Å²) >= 11 is 5.88. The molecule has 0 bridgehead atoms. The van der Waals surface area contributed by atoms with Gasteiger partial charge in [0.1, 0.15) is 11.9 Å². The molecule has 1 aliphatic rings. The van der Waals surface area contributed by atoms with Crippen molar-refractivity contribution in [3.8, 4) is 0 Å². The lowest BCUT2D eigenvalue weighted by atomic mass is 9.93. The lowest BCUT2D eigenvalue weighted by Crippen LogP contribution is -2.53. The molecular formula is C28H38ClFN4O4. The molecule has 38 heavy (non-hydrogen) atoms. The van der Waals surface area contributed by atoms with Crippen LogP contribution in [0.3, 0.4) is 0 Å². The number of benzene rings is 2. The number of hydrogen-bond donors (Lipinski definition) is 3. The van der Waals surface area contributed by atoms with Crippen molar-refractivity contribution in [1.29, 1.82) is 0 Å². The summed E-state index contributed by atoms with van der Waals surface area (Å²) in [4.78, 5) is 30.8. The SMILES string of the molecule is CC(C)[C@H](NC(=O)CCN(C)C)c1cccc(F)c1N1CCN(C(=O)C(O)C(O)c2ccc(Cl)cc2)CC1. The molecule has 3 atom stereocenters. The van der Waals surface area contributed by atoms with Crippen LogP contribution in [-0.2, 0) is 9.59 Å². The molecule has 3 rings (SSSR count). The van der Waals surface area contributed by atoms with Crippen molar-refractivity contribution < 1.29 is 24.2 Å². The Morgan fingerprint density at radius 1 is 1.05 bits per heavy atom. The maximum Gasteiger partial charge on any atom is 0.254 e. The zero-order valence-electron chi connectivity index (χ0n) is 22.4. The van der Waals surface area contributed by atoms with Crippen LogP contribution in [0.2, 0.25) is 5.02 Å². The summed E-state index contributed by atoms with van der Waals surface area (Å²) < 4.78 is 15.2. The molecule has 2 aromatic rings. The molecule has 1 aliphatic heterocycles. The van der Waals surface area contributed by atoms with Crippen molar-refractivity contribution in [2.24, 2.45) is 5.92 Å². The van der Waals surface area contributed by atoms with E-state index in [0.29, 0.717) is 47.9 Å². The molecule has 1 heterocycles. The lowest BCUT2D eigenvalue weighted by Gasteiger charge is -2.39. The van der Waals surface area contributed by atoms with E-state index in [2.05, 4.69) is 5.32 Å². The smallest absolute Gasteiger partial charge is 0.254 e. The van der Waals surface area contributed by atoms with E-state index in [0.717, 1.165) is 0 Å². The molecule has 1 fully saturated rings. The number of aliphatic hydroxyl groups excluding tert-OH is 2. The van der Waals surface area contributed by atoms with Gasteiger partial charge in [0.2, 0.25) is 5.91 Å². The summed E-state index contributed by atoms with van der Waals surface area (Å²) in [5.41, 5.74) is 1.49. The Morgan fingerprint density at radius 3 is 2.26 bits per heavy atom. The van der Waals surface area contributed by atoms with Gasteiger partial charge >= 0.3 is 0 Å². The average Bonchev–Trinajstić information content (AvgIpc) is 2.89. The maximum atomic E-state index is 15.2. The Bertz CT molecular complexity index is 1090. The molecule has 0 spiro atoms. The molecule has 2 amide bonds. The minimum absolute atomic E-state index is 0.0197. The highest BCUT2D eigenvalue weighted by molar-refractivity contribution is 6.30. The second-order valence-electron chi connectivity index (χ2n) is 10.3. The minimum Gasteiger partial charge on any atom is -0.385 e. The van der Waals surface area contributed by atoms with Gasteiger partial charge in [0, 0.05) is 49.7 Å². The van der Waals surface area contributed by atoms with Crippen LogP contribution < -0.4 is 10.2 Å². The molecule has 0 saturated carbocycles.